The van der Waals surface area contributed by atoms with E-state index in [1.807, 2.05) is 12.1 Å². The van der Waals surface area contributed by atoms with Crippen LogP contribution in [0.2, 0.25) is 0 Å². The van der Waals surface area contributed by atoms with Crippen molar-refractivity contribution in [2.24, 2.45) is 4.99 Å². The van der Waals surface area contributed by atoms with E-state index in [2.05, 4.69) is 34.0 Å². The van der Waals surface area contributed by atoms with Gasteiger partial charge < -0.3 is 19.4 Å². The van der Waals surface area contributed by atoms with Crippen molar-refractivity contribution < 1.29 is 9.15 Å². The average molecular weight is 533 g/mol. The number of ether oxygens (including phenoxy) is 1. The molecule has 2 saturated heterocycles. The third-order valence-corrected chi connectivity index (χ3v) is 5.98. The molecular weight excluding hydrogens is 493 g/mol. The largest absolute Gasteiger partial charge is 0.469 e. The number of hydrogen-bond donors (Lipinski definition) is 1. The Bertz CT molecular complexity index is 592. The number of nitrogens with zero attached hydrogens (tertiary/aromatic N) is 4. The van der Waals surface area contributed by atoms with Crippen molar-refractivity contribution in [3.63, 3.8) is 0 Å². The Morgan fingerprint density at radius 2 is 2.13 bits per heavy atom. The lowest BCUT2D eigenvalue weighted by atomic mass is 10.2. The predicted molar refractivity (Wildman–Crippen MR) is 133 cm³/mol. The first-order valence-corrected chi connectivity index (χ1v) is 11.3. The summed E-state index contributed by atoms with van der Waals surface area (Å²) in [6, 6.07) is 4.61. The molecule has 0 bridgehead atoms. The van der Waals surface area contributed by atoms with Crippen molar-refractivity contribution in [3.05, 3.63) is 24.2 Å². The van der Waals surface area contributed by atoms with Crippen LogP contribution in [0.4, 0.5) is 0 Å². The van der Waals surface area contributed by atoms with Gasteiger partial charge >= 0.3 is 0 Å². The van der Waals surface area contributed by atoms with Crippen molar-refractivity contribution in [3.8, 4) is 0 Å². The molecule has 2 aliphatic heterocycles. The topological polar surface area (TPSA) is 56.5 Å². The number of hydrogen-bond acceptors (Lipinski definition) is 5. The third-order valence-electron chi connectivity index (χ3n) is 5.98. The fourth-order valence-corrected chi connectivity index (χ4v) is 4.29. The number of furan rings is 1. The quantitative estimate of drug-likeness (QED) is 0.216. The monoisotopic (exact) mass is 533 g/mol. The van der Waals surface area contributed by atoms with Crippen LogP contribution in [-0.2, 0) is 11.2 Å². The smallest absolute Gasteiger partial charge is 0.193 e. The Morgan fingerprint density at radius 3 is 2.87 bits per heavy atom. The molecule has 0 saturated carbocycles. The molecule has 1 aromatic heterocycles. The highest BCUT2D eigenvalue weighted by Crippen LogP contribution is 2.17. The van der Waals surface area contributed by atoms with Gasteiger partial charge in [-0.05, 0) is 44.5 Å². The van der Waals surface area contributed by atoms with Crippen LogP contribution in [-0.4, -0.2) is 99.3 Å². The van der Waals surface area contributed by atoms with E-state index in [0.29, 0.717) is 6.04 Å². The lowest BCUT2D eigenvalue weighted by Gasteiger charge is -2.30. The second-order valence-corrected chi connectivity index (χ2v) is 8.07. The zero-order chi connectivity index (χ0) is 20.3. The molecule has 3 heterocycles. The van der Waals surface area contributed by atoms with E-state index in [4.69, 9.17) is 14.1 Å². The number of halogens is 1. The van der Waals surface area contributed by atoms with Crippen LogP contribution in [0.25, 0.3) is 0 Å². The Labute approximate surface area is 199 Å². The molecule has 1 unspecified atom stereocenters. The molecule has 1 aromatic rings. The van der Waals surface area contributed by atoms with Crippen LogP contribution in [0.3, 0.4) is 0 Å². The molecular formula is C22H40IN5O2. The van der Waals surface area contributed by atoms with Crippen molar-refractivity contribution in [1.29, 1.82) is 0 Å². The molecule has 3 rings (SSSR count). The molecule has 0 spiro atoms. The van der Waals surface area contributed by atoms with Crippen molar-refractivity contribution in [2.45, 2.75) is 38.6 Å². The van der Waals surface area contributed by atoms with E-state index < -0.39 is 0 Å². The molecule has 0 aliphatic carbocycles. The molecule has 8 heteroatoms. The summed E-state index contributed by atoms with van der Waals surface area (Å²) in [5.74, 6) is 2.03. The molecule has 0 aromatic carbocycles. The second kappa shape index (κ2) is 14.3. The normalized spacial score (nSPS) is 20.9. The first-order chi connectivity index (χ1) is 14.3. The summed E-state index contributed by atoms with van der Waals surface area (Å²) in [4.78, 5) is 12.3. The number of likely N-dealkylation sites (tertiary alicyclic amines) is 1. The summed E-state index contributed by atoms with van der Waals surface area (Å²) in [7, 11) is 2.17. The summed E-state index contributed by atoms with van der Waals surface area (Å²) >= 11 is 0. The van der Waals surface area contributed by atoms with E-state index in [9.17, 15) is 0 Å². The predicted octanol–water partition coefficient (Wildman–Crippen LogP) is 2.52. The maximum Gasteiger partial charge on any atom is 0.193 e. The highest BCUT2D eigenvalue weighted by molar-refractivity contribution is 14.0. The molecule has 0 radical (unpaired) electrons. The van der Waals surface area contributed by atoms with Crippen LogP contribution in [0.1, 0.15) is 31.9 Å². The maximum absolute atomic E-state index is 5.46. The average Bonchev–Trinajstić information content (AvgIpc) is 3.42. The number of morpholine rings is 1. The van der Waals surface area contributed by atoms with Gasteiger partial charge in [0, 0.05) is 58.8 Å². The number of aliphatic imine (C=N–C) groups is 1. The number of guanidine groups is 1. The lowest BCUT2D eigenvalue weighted by Crippen LogP contribution is -2.46. The van der Waals surface area contributed by atoms with E-state index in [1.54, 1.807) is 6.26 Å². The summed E-state index contributed by atoms with van der Waals surface area (Å²) in [6.45, 7) is 12.3. The van der Waals surface area contributed by atoms with Gasteiger partial charge in [-0.3, -0.25) is 14.8 Å². The van der Waals surface area contributed by atoms with E-state index in [0.717, 1.165) is 83.6 Å². The van der Waals surface area contributed by atoms with Gasteiger partial charge in [0.25, 0.3) is 0 Å². The summed E-state index contributed by atoms with van der Waals surface area (Å²) < 4.78 is 10.9. The summed E-state index contributed by atoms with van der Waals surface area (Å²) in [5, 5.41) is 3.57. The van der Waals surface area contributed by atoms with Gasteiger partial charge in [-0.2, -0.15) is 0 Å². The van der Waals surface area contributed by atoms with Crippen molar-refractivity contribution >= 4 is 29.9 Å². The van der Waals surface area contributed by atoms with Crippen LogP contribution < -0.4 is 5.32 Å². The summed E-state index contributed by atoms with van der Waals surface area (Å²) in [6.07, 6.45) is 6.29. The van der Waals surface area contributed by atoms with Gasteiger partial charge in [0.05, 0.1) is 19.5 Å². The minimum Gasteiger partial charge on any atom is -0.469 e. The van der Waals surface area contributed by atoms with Crippen LogP contribution >= 0.6 is 24.0 Å². The molecule has 30 heavy (non-hydrogen) atoms. The minimum atomic E-state index is 0. The lowest BCUT2D eigenvalue weighted by molar-refractivity contribution is 0.0377. The molecule has 2 fully saturated rings. The minimum absolute atomic E-state index is 0. The Hall–Kier alpha value is -0.840. The molecule has 0 amide bonds. The standard InChI is InChI=1S/C22H39N5O2.HI/c1-3-27-13-4-7-20(27)19-25(2)22(24-11-9-21-8-5-16-29-21)23-10-6-12-26-14-17-28-18-15-26;/h5,8,16,20H,3-4,6-7,9-15,17-19H2,1-2H3,(H,23,24);1H. The first-order valence-electron chi connectivity index (χ1n) is 11.3. The van der Waals surface area contributed by atoms with Gasteiger partial charge in [0.15, 0.2) is 5.96 Å². The van der Waals surface area contributed by atoms with Crippen LogP contribution in [0.15, 0.2) is 27.8 Å². The van der Waals surface area contributed by atoms with E-state index >= 15 is 0 Å². The Balaban J connectivity index is 0.00000320. The fraction of sp³-hybridized carbons (Fsp3) is 0.773. The number of nitrogens with one attached hydrogen (secondary N) is 1. The van der Waals surface area contributed by atoms with Crippen molar-refractivity contribution in [1.82, 2.24) is 20.0 Å². The zero-order valence-corrected chi connectivity index (χ0v) is 21.1. The number of rotatable bonds is 10. The van der Waals surface area contributed by atoms with E-state index in [-0.39, 0.29) is 24.0 Å². The summed E-state index contributed by atoms with van der Waals surface area (Å²) in [5.41, 5.74) is 0. The van der Waals surface area contributed by atoms with Crippen LogP contribution in [0, 0.1) is 0 Å². The molecule has 7 nitrogen and oxygen atoms in total. The van der Waals surface area contributed by atoms with Gasteiger partial charge in [0.2, 0.25) is 0 Å². The first kappa shape index (κ1) is 25.4. The molecule has 1 atom stereocenters. The van der Waals surface area contributed by atoms with Crippen LogP contribution in [0.5, 0.6) is 0 Å². The van der Waals surface area contributed by atoms with Gasteiger partial charge in [0.1, 0.15) is 5.76 Å². The Morgan fingerprint density at radius 1 is 1.30 bits per heavy atom. The molecule has 172 valence electrons. The van der Waals surface area contributed by atoms with Crippen molar-refractivity contribution in [2.75, 3.05) is 72.6 Å². The number of likely N-dealkylation sites (N-methyl/N-ethyl adjacent to an activating group) is 2. The van der Waals surface area contributed by atoms with Gasteiger partial charge in [-0.1, -0.05) is 6.92 Å². The zero-order valence-electron chi connectivity index (χ0n) is 18.7. The molecule has 2 aliphatic rings. The van der Waals surface area contributed by atoms with E-state index in [1.165, 1.54) is 19.4 Å². The second-order valence-electron chi connectivity index (χ2n) is 8.07. The molecule has 1 N–H and O–H groups in total. The highest BCUT2D eigenvalue weighted by atomic mass is 127. The Kier molecular flexibility index (Phi) is 12.1. The highest BCUT2D eigenvalue weighted by Gasteiger charge is 2.25. The fourth-order valence-electron chi connectivity index (χ4n) is 4.29. The SMILES string of the molecule is CCN1CCCC1CN(C)C(=NCCCN1CCOCC1)NCCc1ccco1.I. The van der Waals surface area contributed by atoms with Gasteiger partial charge in [-0.15, -0.1) is 24.0 Å². The maximum atomic E-state index is 5.46. The third kappa shape index (κ3) is 8.36. The van der Waals surface area contributed by atoms with Gasteiger partial charge in [-0.25, -0.2) is 0 Å².